The SMILES string of the molecule is CCCNCc1ccc(SCC(=O)OCC)cc1C. The fourth-order valence-corrected chi connectivity index (χ4v) is 2.49. The molecule has 0 aliphatic heterocycles. The van der Waals surface area contributed by atoms with Gasteiger partial charge in [-0.05, 0) is 50.1 Å². The van der Waals surface area contributed by atoms with Gasteiger partial charge in [0.15, 0.2) is 0 Å². The molecule has 19 heavy (non-hydrogen) atoms. The molecule has 1 aromatic rings. The average molecular weight is 281 g/mol. The second-order valence-electron chi connectivity index (χ2n) is 4.36. The molecule has 0 bridgehead atoms. The Kier molecular flexibility index (Phi) is 7.60. The Hall–Kier alpha value is -1.00. The fraction of sp³-hybridized carbons (Fsp3) is 0.533. The zero-order valence-electron chi connectivity index (χ0n) is 12.0. The van der Waals surface area contributed by atoms with Gasteiger partial charge in [-0.1, -0.05) is 13.0 Å². The summed E-state index contributed by atoms with van der Waals surface area (Å²) in [5, 5.41) is 3.40. The molecule has 3 nitrogen and oxygen atoms in total. The second kappa shape index (κ2) is 8.99. The number of benzene rings is 1. The highest BCUT2D eigenvalue weighted by Crippen LogP contribution is 2.21. The Morgan fingerprint density at radius 3 is 2.79 bits per heavy atom. The molecule has 0 aliphatic rings. The van der Waals surface area contributed by atoms with Crippen LogP contribution in [0.1, 0.15) is 31.4 Å². The molecule has 1 aromatic carbocycles. The van der Waals surface area contributed by atoms with E-state index in [1.807, 2.05) is 6.92 Å². The Labute approximate surface area is 120 Å². The van der Waals surface area contributed by atoms with Crippen LogP contribution in [0.25, 0.3) is 0 Å². The first kappa shape index (κ1) is 16.1. The van der Waals surface area contributed by atoms with E-state index in [-0.39, 0.29) is 5.97 Å². The largest absolute Gasteiger partial charge is 0.465 e. The lowest BCUT2D eigenvalue weighted by molar-refractivity contribution is -0.139. The summed E-state index contributed by atoms with van der Waals surface area (Å²) in [6.07, 6.45) is 1.15. The molecule has 0 saturated carbocycles. The van der Waals surface area contributed by atoms with Gasteiger partial charge in [0.05, 0.1) is 12.4 Å². The zero-order chi connectivity index (χ0) is 14.1. The van der Waals surface area contributed by atoms with Crippen LogP contribution in [-0.4, -0.2) is 24.9 Å². The molecule has 0 aliphatic carbocycles. The van der Waals surface area contributed by atoms with E-state index in [0.717, 1.165) is 24.4 Å². The van der Waals surface area contributed by atoms with E-state index in [1.54, 1.807) is 0 Å². The van der Waals surface area contributed by atoms with Gasteiger partial charge in [0.25, 0.3) is 0 Å². The van der Waals surface area contributed by atoms with Gasteiger partial charge in [0.1, 0.15) is 0 Å². The normalized spacial score (nSPS) is 10.5. The molecular weight excluding hydrogens is 258 g/mol. The van der Waals surface area contributed by atoms with E-state index < -0.39 is 0 Å². The molecule has 0 aromatic heterocycles. The molecule has 0 heterocycles. The van der Waals surface area contributed by atoms with Crippen LogP contribution in [0.2, 0.25) is 0 Å². The molecule has 0 saturated heterocycles. The molecule has 106 valence electrons. The number of hydrogen-bond acceptors (Lipinski definition) is 4. The van der Waals surface area contributed by atoms with Crippen LogP contribution in [0, 0.1) is 6.92 Å². The molecule has 0 atom stereocenters. The van der Waals surface area contributed by atoms with Gasteiger partial charge in [0.2, 0.25) is 0 Å². The third-order valence-electron chi connectivity index (χ3n) is 2.72. The fourth-order valence-electron chi connectivity index (χ4n) is 1.70. The Morgan fingerprint density at radius 1 is 1.37 bits per heavy atom. The van der Waals surface area contributed by atoms with Gasteiger partial charge in [-0.25, -0.2) is 0 Å². The summed E-state index contributed by atoms with van der Waals surface area (Å²) in [6, 6.07) is 6.33. The Morgan fingerprint density at radius 2 is 2.16 bits per heavy atom. The average Bonchev–Trinajstić information content (AvgIpc) is 2.39. The summed E-state index contributed by atoms with van der Waals surface area (Å²) in [6.45, 7) is 8.49. The summed E-state index contributed by atoms with van der Waals surface area (Å²) in [5.41, 5.74) is 2.58. The lowest BCUT2D eigenvalue weighted by atomic mass is 10.1. The maximum atomic E-state index is 11.3. The van der Waals surface area contributed by atoms with E-state index in [2.05, 4.69) is 37.4 Å². The van der Waals surface area contributed by atoms with Crippen LogP contribution in [0.15, 0.2) is 23.1 Å². The minimum absolute atomic E-state index is 0.154. The van der Waals surface area contributed by atoms with Crippen molar-refractivity contribution < 1.29 is 9.53 Å². The molecule has 0 amide bonds. The molecule has 0 fully saturated rings. The number of hydrogen-bond donors (Lipinski definition) is 1. The molecule has 1 rings (SSSR count). The topological polar surface area (TPSA) is 38.3 Å². The molecular formula is C15H23NO2S. The minimum atomic E-state index is -0.154. The molecule has 1 N–H and O–H groups in total. The predicted octanol–water partition coefficient (Wildman–Crippen LogP) is 3.15. The van der Waals surface area contributed by atoms with Crippen molar-refractivity contribution in [2.75, 3.05) is 18.9 Å². The number of esters is 1. The van der Waals surface area contributed by atoms with E-state index in [0.29, 0.717) is 12.4 Å². The smallest absolute Gasteiger partial charge is 0.316 e. The van der Waals surface area contributed by atoms with E-state index >= 15 is 0 Å². The first-order chi connectivity index (χ1) is 9.17. The van der Waals surface area contributed by atoms with Gasteiger partial charge in [-0.15, -0.1) is 11.8 Å². The Balaban J connectivity index is 2.49. The van der Waals surface area contributed by atoms with Crippen LogP contribution in [0.4, 0.5) is 0 Å². The summed E-state index contributed by atoms with van der Waals surface area (Å²) in [7, 11) is 0. The second-order valence-corrected chi connectivity index (χ2v) is 5.41. The van der Waals surface area contributed by atoms with E-state index in [4.69, 9.17) is 4.74 Å². The summed E-state index contributed by atoms with van der Waals surface area (Å²) >= 11 is 1.52. The first-order valence-corrected chi connectivity index (χ1v) is 7.74. The number of thioether (sulfide) groups is 1. The summed E-state index contributed by atoms with van der Waals surface area (Å²) in [5.74, 6) is 0.222. The van der Waals surface area contributed by atoms with E-state index in [1.165, 1.54) is 22.9 Å². The third kappa shape index (κ3) is 6.12. The van der Waals surface area contributed by atoms with Crippen LogP contribution < -0.4 is 5.32 Å². The molecule has 0 spiro atoms. The van der Waals surface area contributed by atoms with Crippen molar-refractivity contribution in [1.82, 2.24) is 5.32 Å². The maximum absolute atomic E-state index is 11.3. The summed E-state index contributed by atoms with van der Waals surface area (Å²) < 4.78 is 4.91. The van der Waals surface area contributed by atoms with Crippen molar-refractivity contribution in [3.63, 3.8) is 0 Å². The van der Waals surface area contributed by atoms with Crippen molar-refractivity contribution in [1.29, 1.82) is 0 Å². The van der Waals surface area contributed by atoms with Gasteiger partial charge < -0.3 is 10.1 Å². The predicted molar refractivity (Wildman–Crippen MR) is 80.5 cm³/mol. The van der Waals surface area contributed by atoms with Gasteiger partial charge in [-0.2, -0.15) is 0 Å². The number of carbonyl (C=O) groups excluding carboxylic acids is 1. The summed E-state index contributed by atoms with van der Waals surface area (Å²) in [4.78, 5) is 12.4. The molecule has 0 radical (unpaired) electrons. The van der Waals surface area contributed by atoms with Crippen LogP contribution >= 0.6 is 11.8 Å². The maximum Gasteiger partial charge on any atom is 0.316 e. The van der Waals surface area contributed by atoms with Crippen molar-refractivity contribution in [2.45, 2.75) is 38.6 Å². The van der Waals surface area contributed by atoms with Gasteiger partial charge in [-0.3, -0.25) is 4.79 Å². The number of rotatable bonds is 8. The Bertz CT molecular complexity index is 407. The minimum Gasteiger partial charge on any atom is -0.465 e. The number of ether oxygens (including phenoxy) is 1. The number of nitrogens with one attached hydrogen (secondary N) is 1. The molecule has 0 unspecified atom stereocenters. The van der Waals surface area contributed by atoms with Crippen LogP contribution in [-0.2, 0) is 16.1 Å². The van der Waals surface area contributed by atoms with Crippen molar-refractivity contribution in [2.24, 2.45) is 0 Å². The zero-order valence-corrected chi connectivity index (χ0v) is 12.8. The quantitative estimate of drug-likeness (QED) is 0.451. The van der Waals surface area contributed by atoms with Crippen molar-refractivity contribution in [3.05, 3.63) is 29.3 Å². The number of carbonyl (C=O) groups is 1. The van der Waals surface area contributed by atoms with Crippen LogP contribution in [0.3, 0.4) is 0 Å². The van der Waals surface area contributed by atoms with Crippen molar-refractivity contribution >= 4 is 17.7 Å². The lowest BCUT2D eigenvalue weighted by Gasteiger charge is -2.09. The van der Waals surface area contributed by atoms with Crippen molar-refractivity contribution in [3.8, 4) is 0 Å². The highest BCUT2D eigenvalue weighted by atomic mass is 32.2. The van der Waals surface area contributed by atoms with Crippen LogP contribution in [0.5, 0.6) is 0 Å². The standard InChI is InChI=1S/C15H23NO2S/c1-4-8-16-10-13-6-7-14(9-12(13)3)19-11-15(17)18-5-2/h6-7,9,16H,4-5,8,10-11H2,1-3H3. The highest BCUT2D eigenvalue weighted by molar-refractivity contribution is 8.00. The lowest BCUT2D eigenvalue weighted by Crippen LogP contribution is -2.14. The van der Waals surface area contributed by atoms with Gasteiger partial charge >= 0.3 is 5.97 Å². The van der Waals surface area contributed by atoms with E-state index in [9.17, 15) is 4.79 Å². The third-order valence-corrected chi connectivity index (χ3v) is 3.69. The first-order valence-electron chi connectivity index (χ1n) is 6.76. The van der Waals surface area contributed by atoms with Gasteiger partial charge in [0, 0.05) is 11.4 Å². The number of aryl methyl sites for hydroxylation is 1. The highest BCUT2D eigenvalue weighted by Gasteiger charge is 2.05. The molecule has 4 heteroatoms. The monoisotopic (exact) mass is 281 g/mol.